The van der Waals surface area contributed by atoms with Gasteiger partial charge in [-0.05, 0) is 25.7 Å². The molecule has 1 amide bonds. The Labute approximate surface area is 101 Å². The molecule has 1 saturated carbocycles. The lowest BCUT2D eigenvalue weighted by Gasteiger charge is -2.28. The van der Waals surface area contributed by atoms with Crippen LogP contribution < -0.4 is 5.32 Å². The van der Waals surface area contributed by atoms with Crippen LogP contribution in [0.1, 0.15) is 38.5 Å². The van der Waals surface area contributed by atoms with E-state index in [0.717, 1.165) is 25.7 Å². The summed E-state index contributed by atoms with van der Waals surface area (Å²) in [5, 5.41) is 12.1. The minimum Gasteiger partial charge on any atom is -0.481 e. The van der Waals surface area contributed by atoms with Crippen LogP contribution in [0.15, 0.2) is 12.2 Å². The van der Waals surface area contributed by atoms with Crippen molar-refractivity contribution in [3.8, 4) is 0 Å². The average molecular weight is 237 g/mol. The predicted molar refractivity (Wildman–Crippen MR) is 63.4 cm³/mol. The van der Waals surface area contributed by atoms with Gasteiger partial charge in [0.05, 0.1) is 11.8 Å². The largest absolute Gasteiger partial charge is 0.481 e. The second kappa shape index (κ2) is 5.34. The number of rotatable bonds is 3. The van der Waals surface area contributed by atoms with E-state index in [2.05, 4.69) is 17.5 Å². The highest BCUT2D eigenvalue weighted by atomic mass is 16.4. The van der Waals surface area contributed by atoms with E-state index in [1.807, 2.05) is 0 Å². The summed E-state index contributed by atoms with van der Waals surface area (Å²) < 4.78 is 0. The molecule has 0 bridgehead atoms. The lowest BCUT2D eigenvalue weighted by molar-refractivity contribution is -0.149. The summed E-state index contributed by atoms with van der Waals surface area (Å²) in [4.78, 5) is 23.2. The maximum absolute atomic E-state index is 12.1. The Balaban J connectivity index is 1.93. The van der Waals surface area contributed by atoms with Gasteiger partial charge in [-0.15, -0.1) is 0 Å². The Hall–Kier alpha value is -1.32. The summed E-state index contributed by atoms with van der Waals surface area (Å²) in [6, 6.07) is 0.180. The van der Waals surface area contributed by atoms with Gasteiger partial charge in [-0.1, -0.05) is 25.0 Å². The van der Waals surface area contributed by atoms with E-state index in [0.29, 0.717) is 12.8 Å². The van der Waals surface area contributed by atoms with Crippen LogP contribution in [0.2, 0.25) is 0 Å². The maximum atomic E-state index is 12.1. The highest BCUT2D eigenvalue weighted by Crippen LogP contribution is 2.30. The zero-order valence-electron chi connectivity index (χ0n) is 9.89. The van der Waals surface area contributed by atoms with Gasteiger partial charge in [0, 0.05) is 6.04 Å². The smallest absolute Gasteiger partial charge is 0.307 e. The molecule has 0 saturated heterocycles. The molecule has 0 spiro atoms. The van der Waals surface area contributed by atoms with E-state index < -0.39 is 11.9 Å². The number of amides is 1. The molecule has 0 aromatic carbocycles. The fourth-order valence-electron chi connectivity index (χ4n) is 2.78. The number of carbonyl (C=O) groups excluding carboxylic acids is 1. The van der Waals surface area contributed by atoms with Gasteiger partial charge in [0.25, 0.3) is 0 Å². The molecule has 2 atom stereocenters. The van der Waals surface area contributed by atoms with E-state index in [9.17, 15) is 9.59 Å². The molecule has 4 nitrogen and oxygen atoms in total. The second-order valence-electron chi connectivity index (χ2n) is 4.98. The van der Waals surface area contributed by atoms with Gasteiger partial charge in [0.15, 0.2) is 0 Å². The highest BCUT2D eigenvalue weighted by molar-refractivity contribution is 5.85. The van der Waals surface area contributed by atoms with Crippen molar-refractivity contribution in [3.63, 3.8) is 0 Å². The van der Waals surface area contributed by atoms with Gasteiger partial charge in [-0.2, -0.15) is 0 Å². The molecule has 0 unspecified atom stereocenters. The average Bonchev–Trinajstić information content (AvgIpc) is 2.81. The first-order chi connectivity index (χ1) is 8.18. The molecule has 0 aromatic rings. The van der Waals surface area contributed by atoms with Crippen molar-refractivity contribution in [2.24, 2.45) is 11.8 Å². The molecule has 2 N–H and O–H groups in total. The summed E-state index contributed by atoms with van der Waals surface area (Å²) in [5.41, 5.74) is 0. The standard InChI is InChI=1S/C13H19NO3/c15-12(14-9-5-1-2-6-9)10-7-3-4-8-11(10)13(16)17/h1-2,9-11H,3-8H2,(H,14,15)(H,16,17)/t10-,11+/m1/s1. The Bertz CT molecular complexity index is 330. The van der Waals surface area contributed by atoms with Gasteiger partial charge in [0.2, 0.25) is 5.91 Å². The fraction of sp³-hybridized carbons (Fsp3) is 0.692. The fourth-order valence-corrected chi connectivity index (χ4v) is 2.78. The zero-order chi connectivity index (χ0) is 12.3. The van der Waals surface area contributed by atoms with Crippen molar-refractivity contribution in [3.05, 3.63) is 12.2 Å². The van der Waals surface area contributed by atoms with Gasteiger partial charge >= 0.3 is 5.97 Å². The topological polar surface area (TPSA) is 66.4 Å². The van der Waals surface area contributed by atoms with E-state index >= 15 is 0 Å². The third kappa shape index (κ3) is 2.87. The van der Waals surface area contributed by atoms with Crippen LogP contribution in [0.5, 0.6) is 0 Å². The van der Waals surface area contributed by atoms with Crippen molar-refractivity contribution in [1.29, 1.82) is 0 Å². The summed E-state index contributed by atoms with van der Waals surface area (Å²) in [6.45, 7) is 0. The predicted octanol–water partition coefficient (Wildman–Crippen LogP) is 1.71. The van der Waals surface area contributed by atoms with Crippen LogP contribution in [0.25, 0.3) is 0 Å². The monoisotopic (exact) mass is 237 g/mol. The third-order valence-corrected chi connectivity index (χ3v) is 3.77. The van der Waals surface area contributed by atoms with Crippen molar-refractivity contribution >= 4 is 11.9 Å². The molecule has 1 fully saturated rings. The Morgan fingerprint density at radius 2 is 1.65 bits per heavy atom. The van der Waals surface area contributed by atoms with Crippen LogP contribution in [-0.4, -0.2) is 23.0 Å². The lowest BCUT2D eigenvalue weighted by Crippen LogP contribution is -2.43. The van der Waals surface area contributed by atoms with Crippen LogP contribution in [0.4, 0.5) is 0 Å². The Kier molecular flexibility index (Phi) is 3.82. The number of aliphatic carboxylic acids is 1. The Morgan fingerprint density at radius 1 is 1.06 bits per heavy atom. The van der Waals surface area contributed by atoms with Gasteiger partial charge in [-0.25, -0.2) is 0 Å². The summed E-state index contributed by atoms with van der Waals surface area (Å²) in [5.74, 6) is -1.71. The van der Waals surface area contributed by atoms with Crippen LogP contribution in [-0.2, 0) is 9.59 Å². The molecule has 0 heterocycles. The molecule has 0 aromatic heterocycles. The number of carbonyl (C=O) groups is 2. The molecule has 0 aliphatic heterocycles. The second-order valence-corrected chi connectivity index (χ2v) is 4.98. The van der Waals surface area contributed by atoms with Crippen LogP contribution >= 0.6 is 0 Å². The third-order valence-electron chi connectivity index (χ3n) is 3.77. The van der Waals surface area contributed by atoms with Gasteiger partial charge in [0.1, 0.15) is 0 Å². The van der Waals surface area contributed by atoms with Gasteiger partial charge < -0.3 is 10.4 Å². The number of hydrogen-bond acceptors (Lipinski definition) is 2. The molecule has 4 heteroatoms. The first-order valence-electron chi connectivity index (χ1n) is 6.36. The molecule has 94 valence electrons. The molecule has 2 aliphatic carbocycles. The van der Waals surface area contributed by atoms with E-state index in [1.54, 1.807) is 0 Å². The maximum Gasteiger partial charge on any atom is 0.307 e. The SMILES string of the molecule is O=C(O)[C@H]1CCCC[C@H]1C(=O)NC1CC=CC1. The normalized spacial score (nSPS) is 29.2. The van der Waals surface area contributed by atoms with E-state index in [1.165, 1.54) is 0 Å². The molecule has 0 radical (unpaired) electrons. The lowest BCUT2D eigenvalue weighted by atomic mass is 9.78. The molecule has 17 heavy (non-hydrogen) atoms. The Morgan fingerprint density at radius 3 is 2.24 bits per heavy atom. The van der Waals surface area contributed by atoms with Crippen LogP contribution in [0, 0.1) is 11.8 Å². The zero-order valence-corrected chi connectivity index (χ0v) is 9.89. The number of nitrogens with one attached hydrogen (secondary N) is 1. The van der Waals surface area contributed by atoms with Crippen molar-refractivity contribution in [2.75, 3.05) is 0 Å². The van der Waals surface area contributed by atoms with E-state index in [-0.39, 0.29) is 17.9 Å². The summed E-state index contributed by atoms with van der Waals surface area (Å²) in [7, 11) is 0. The summed E-state index contributed by atoms with van der Waals surface area (Å²) in [6.07, 6.45) is 9.09. The van der Waals surface area contributed by atoms with Crippen molar-refractivity contribution in [2.45, 2.75) is 44.6 Å². The highest BCUT2D eigenvalue weighted by Gasteiger charge is 2.36. The summed E-state index contributed by atoms with van der Waals surface area (Å²) >= 11 is 0. The van der Waals surface area contributed by atoms with Crippen molar-refractivity contribution < 1.29 is 14.7 Å². The van der Waals surface area contributed by atoms with Crippen LogP contribution in [0.3, 0.4) is 0 Å². The quantitative estimate of drug-likeness (QED) is 0.734. The molecule has 2 rings (SSSR count). The first kappa shape index (κ1) is 12.1. The number of carboxylic acid groups (broad SMARTS) is 1. The minimum atomic E-state index is -0.825. The number of carboxylic acids is 1. The number of hydrogen-bond donors (Lipinski definition) is 2. The molecule has 2 aliphatic rings. The van der Waals surface area contributed by atoms with Crippen molar-refractivity contribution in [1.82, 2.24) is 5.32 Å². The minimum absolute atomic E-state index is 0.0641. The molecular weight excluding hydrogens is 218 g/mol. The first-order valence-corrected chi connectivity index (χ1v) is 6.36. The molecular formula is C13H19NO3. The van der Waals surface area contributed by atoms with Gasteiger partial charge in [-0.3, -0.25) is 9.59 Å². The van der Waals surface area contributed by atoms with E-state index in [4.69, 9.17) is 5.11 Å².